The summed E-state index contributed by atoms with van der Waals surface area (Å²) in [5.41, 5.74) is 2.69. The number of amides is 2. The molecule has 0 N–H and O–H groups in total. The van der Waals surface area contributed by atoms with E-state index in [2.05, 4.69) is 10.1 Å². The molecular weight excluding hydrogens is 456 g/mol. The van der Waals surface area contributed by atoms with Crippen molar-refractivity contribution in [1.82, 2.24) is 14.8 Å². The number of urea groups is 1. The molecule has 180 valence electrons. The van der Waals surface area contributed by atoms with Gasteiger partial charge >= 0.3 is 6.03 Å². The van der Waals surface area contributed by atoms with E-state index >= 15 is 0 Å². The molecule has 0 atom stereocenters. The summed E-state index contributed by atoms with van der Waals surface area (Å²) >= 11 is 0. The predicted molar refractivity (Wildman–Crippen MR) is 128 cm³/mol. The molecule has 2 aromatic heterocycles. The van der Waals surface area contributed by atoms with E-state index in [0.717, 1.165) is 10.9 Å². The number of aromatic nitrogens is 3. The number of methoxy groups -OCH3 is 1. The second kappa shape index (κ2) is 9.21. The lowest BCUT2D eigenvalue weighted by Crippen LogP contribution is -2.45. The summed E-state index contributed by atoms with van der Waals surface area (Å²) in [6.45, 7) is 2.00. The fourth-order valence-corrected chi connectivity index (χ4v) is 3.97. The highest BCUT2D eigenvalue weighted by Crippen LogP contribution is 2.38. The molecule has 10 heteroatoms. The minimum absolute atomic E-state index is 0.0889. The Bertz CT molecular complexity index is 1480. The second-order valence-electron chi connectivity index (χ2n) is 7.87. The van der Waals surface area contributed by atoms with Crippen LogP contribution in [0.25, 0.3) is 10.9 Å². The maximum absolute atomic E-state index is 13.9. The second-order valence-corrected chi connectivity index (χ2v) is 7.87. The van der Waals surface area contributed by atoms with Gasteiger partial charge in [-0.05, 0) is 49.4 Å². The van der Waals surface area contributed by atoms with Crippen LogP contribution < -0.4 is 19.3 Å². The summed E-state index contributed by atoms with van der Waals surface area (Å²) in [4.78, 5) is 21.2. The maximum atomic E-state index is 13.9. The molecule has 8 nitrogen and oxygen atoms in total. The molecule has 5 rings (SSSR count). The van der Waals surface area contributed by atoms with Gasteiger partial charge in [-0.25, -0.2) is 13.6 Å². The number of pyridine rings is 1. The molecule has 2 amide bonds. The van der Waals surface area contributed by atoms with Crippen LogP contribution in [0.2, 0.25) is 0 Å². The standard InChI is InChI=1S/C25H23F2N5O3/c1-3-30-13-16-10-18(6-9-21(16)29-30)31-14-22-23(11-20(12-28-22)35-15-24(26)27)32(25(31)33)17-4-7-19(34-2)8-5-17/h4-13,24H,3,14-15H2,1-2H3/i2D3. The number of fused-ring (bicyclic) bond motifs is 2. The zero-order chi connectivity index (χ0) is 27.0. The highest BCUT2D eigenvalue weighted by atomic mass is 19.3. The number of nitrogens with zero attached hydrogens (tertiary/aromatic N) is 5. The molecular formula is C25H23F2N5O3. The monoisotopic (exact) mass is 482 g/mol. The van der Waals surface area contributed by atoms with Gasteiger partial charge in [0.2, 0.25) is 0 Å². The Hall–Kier alpha value is -4.21. The molecule has 0 spiro atoms. The molecule has 0 aliphatic carbocycles. The Morgan fingerprint density at radius 3 is 2.66 bits per heavy atom. The molecule has 3 heterocycles. The molecule has 4 aromatic rings. The van der Waals surface area contributed by atoms with E-state index in [1.165, 1.54) is 41.4 Å². The largest absolute Gasteiger partial charge is 0.497 e. The Balaban J connectivity index is 1.55. The average Bonchev–Trinajstić information content (AvgIpc) is 3.29. The van der Waals surface area contributed by atoms with Crippen LogP contribution in [0.5, 0.6) is 11.5 Å². The van der Waals surface area contributed by atoms with E-state index < -0.39 is 26.1 Å². The summed E-state index contributed by atoms with van der Waals surface area (Å²) in [5, 5.41) is 5.34. The minimum Gasteiger partial charge on any atom is -0.497 e. The molecule has 0 fully saturated rings. The maximum Gasteiger partial charge on any atom is 0.334 e. The predicted octanol–water partition coefficient (Wildman–Crippen LogP) is 5.38. The molecule has 1 aliphatic rings. The van der Waals surface area contributed by atoms with Crippen LogP contribution in [0.3, 0.4) is 0 Å². The first kappa shape index (κ1) is 19.1. The van der Waals surface area contributed by atoms with Crippen molar-refractivity contribution in [2.45, 2.75) is 26.4 Å². The van der Waals surface area contributed by atoms with E-state index in [1.54, 1.807) is 15.6 Å². The fraction of sp³-hybridized carbons (Fsp3) is 0.240. The summed E-state index contributed by atoms with van der Waals surface area (Å²) < 4.78 is 59.2. The Morgan fingerprint density at radius 2 is 1.91 bits per heavy atom. The number of halogens is 2. The van der Waals surface area contributed by atoms with E-state index in [0.29, 0.717) is 29.3 Å². The Morgan fingerprint density at radius 1 is 1.11 bits per heavy atom. The molecule has 0 unspecified atom stereocenters. The van der Waals surface area contributed by atoms with Crippen molar-refractivity contribution in [2.75, 3.05) is 23.4 Å². The number of carbonyl (C=O) groups is 1. The summed E-state index contributed by atoms with van der Waals surface area (Å²) in [7, 11) is -2.63. The first-order valence-electron chi connectivity index (χ1n) is 12.4. The SMILES string of the molecule is [2H]C([2H])([2H])Oc1ccc(N2C(=O)N(c3ccc4nn(CC)cc4c3)Cc3ncc(OCC(F)F)cc32)cc1. The number of anilines is 3. The van der Waals surface area contributed by atoms with Crippen LogP contribution in [0.1, 0.15) is 16.7 Å². The molecule has 0 saturated carbocycles. The summed E-state index contributed by atoms with van der Waals surface area (Å²) in [6, 6.07) is 12.5. The van der Waals surface area contributed by atoms with Crippen molar-refractivity contribution in [3.63, 3.8) is 0 Å². The number of carbonyl (C=O) groups excluding carboxylic acids is 1. The molecule has 1 aliphatic heterocycles. The smallest absolute Gasteiger partial charge is 0.334 e. The van der Waals surface area contributed by atoms with Gasteiger partial charge in [0.15, 0.2) is 0 Å². The van der Waals surface area contributed by atoms with Crippen molar-refractivity contribution in [3.8, 4) is 11.5 Å². The van der Waals surface area contributed by atoms with Crippen molar-refractivity contribution in [1.29, 1.82) is 0 Å². The van der Waals surface area contributed by atoms with Gasteiger partial charge in [0.25, 0.3) is 6.43 Å². The lowest BCUT2D eigenvalue weighted by molar-refractivity contribution is 0.0817. The van der Waals surface area contributed by atoms with E-state index in [4.69, 9.17) is 13.6 Å². The lowest BCUT2D eigenvalue weighted by atomic mass is 10.1. The van der Waals surface area contributed by atoms with Crippen molar-refractivity contribution in [3.05, 3.63) is 66.6 Å². The molecule has 0 saturated heterocycles. The topological polar surface area (TPSA) is 72.7 Å². The number of alkyl halides is 2. The highest BCUT2D eigenvalue weighted by molar-refractivity contribution is 6.11. The van der Waals surface area contributed by atoms with Gasteiger partial charge in [0, 0.05) is 29.9 Å². The van der Waals surface area contributed by atoms with Crippen LogP contribution in [0.4, 0.5) is 30.6 Å². The third kappa shape index (κ3) is 4.34. The summed E-state index contributed by atoms with van der Waals surface area (Å²) in [5.74, 6) is 0.187. The van der Waals surface area contributed by atoms with Crippen LogP contribution in [0.15, 0.2) is 60.9 Å². The van der Waals surface area contributed by atoms with Crippen LogP contribution in [-0.2, 0) is 13.1 Å². The quantitative estimate of drug-likeness (QED) is 0.354. The Labute approximate surface area is 204 Å². The molecule has 0 bridgehead atoms. The third-order valence-corrected chi connectivity index (χ3v) is 5.65. The molecule has 2 aromatic carbocycles. The van der Waals surface area contributed by atoms with Crippen molar-refractivity contribution < 1.29 is 27.2 Å². The van der Waals surface area contributed by atoms with Gasteiger partial charge in [-0.1, -0.05) is 0 Å². The van der Waals surface area contributed by atoms with Gasteiger partial charge < -0.3 is 9.47 Å². The normalized spacial score (nSPS) is 15.1. The molecule has 0 radical (unpaired) electrons. The third-order valence-electron chi connectivity index (χ3n) is 5.65. The van der Waals surface area contributed by atoms with E-state index in [-0.39, 0.29) is 18.0 Å². The highest BCUT2D eigenvalue weighted by Gasteiger charge is 2.34. The number of hydrogen-bond donors (Lipinski definition) is 0. The first-order valence-corrected chi connectivity index (χ1v) is 10.9. The van der Waals surface area contributed by atoms with Gasteiger partial charge in [-0.3, -0.25) is 19.5 Å². The number of aryl methyl sites for hydroxylation is 1. The van der Waals surface area contributed by atoms with Crippen LogP contribution >= 0.6 is 0 Å². The first-order chi connectivity index (χ1) is 18.1. The molecule has 35 heavy (non-hydrogen) atoms. The number of rotatable bonds is 7. The lowest BCUT2D eigenvalue weighted by Gasteiger charge is -2.36. The minimum atomic E-state index is -2.67. The van der Waals surface area contributed by atoms with Crippen LogP contribution in [0, 0.1) is 0 Å². The van der Waals surface area contributed by atoms with Gasteiger partial charge in [-0.15, -0.1) is 0 Å². The van der Waals surface area contributed by atoms with Crippen LogP contribution in [-0.4, -0.2) is 40.9 Å². The van der Waals surface area contributed by atoms with Gasteiger partial charge in [0.05, 0.1) is 46.5 Å². The average molecular weight is 483 g/mol. The number of hydrogen-bond acceptors (Lipinski definition) is 5. The number of ether oxygens (including phenoxy) is 2. The zero-order valence-corrected chi connectivity index (χ0v) is 18.7. The number of benzene rings is 2. The zero-order valence-electron chi connectivity index (χ0n) is 21.7. The van der Waals surface area contributed by atoms with E-state index in [1.807, 2.05) is 25.3 Å². The van der Waals surface area contributed by atoms with Crippen molar-refractivity contribution >= 4 is 34.0 Å². The van der Waals surface area contributed by atoms with E-state index in [9.17, 15) is 13.6 Å². The van der Waals surface area contributed by atoms with Gasteiger partial charge in [-0.2, -0.15) is 5.10 Å². The Kier molecular flexibility index (Phi) is 5.03. The fourth-order valence-electron chi connectivity index (χ4n) is 3.97. The van der Waals surface area contributed by atoms with Gasteiger partial charge in [0.1, 0.15) is 18.1 Å². The van der Waals surface area contributed by atoms with Crippen molar-refractivity contribution in [2.24, 2.45) is 0 Å². The summed E-state index contributed by atoms with van der Waals surface area (Å²) in [6.07, 6.45) is 0.569.